The van der Waals surface area contributed by atoms with E-state index in [9.17, 15) is 9.59 Å². The molecule has 27 heavy (non-hydrogen) atoms. The van der Waals surface area contributed by atoms with Crippen LogP contribution in [0.2, 0.25) is 0 Å². The minimum atomic E-state index is -0.117. The Bertz CT molecular complexity index is 962. The Hall–Kier alpha value is -1.64. The van der Waals surface area contributed by atoms with Crippen LogP contribution < -0.4 is 10.9 Å². The van der Waals surface area contributed by atoms with E-state index in [0.717, 1.165) is 28.1 Å². The molecule has 0 radical (unpaired) electrons. The van der Waals surface area contributed by atoms with E-state index in [-0.39, 0.29) is 22.8 Å². The van der Waals surface area contributed by atoms with Gasteiger partial charge in [0.05, 0.1) is 16.4 Å². The maximum absolute atomic E-state index is 12.7. The minimum Gasteiger partial charge on any atom is -0.353 e. The molecule has 0 aliphatic carbocycles. The number of fused-ring (bicyclic) bond motifs is 1. The van der Waals surface area contributed by atoms with Gasteiger partial charge in [-0.25, -0.2) is 4.98 Å². The molecule has 3 aromatic heterocycles. The van der Waals surface area contributed by atoms with Gasteiger partial charge in [0, 0.05) is 21.9 Å². The van der Waals surface area contributed by atoms with E-state index in [1.165, 1.54) is 23.1 Å². The van der Waals surface area contributed by atoms with Gasteiger partial charge in [0.1, 0.15) is 10.7 Å². The number of thiophene rings is 2. The SMILES string of the molecule is CCC[C@H](C)NC(=O)CS[C@H](C)c1nc2scc(-c3cccs3)c2c(=O)[nH]1. The van der Waals surface area contributed by atoms with Crippen molar-refractivity contribution in [2.45, 2.75) is 44.9 Å². The fraction of sp³-hybridized carbons (Fsp3) is 0.421. The predicted molar refractivity (Wildman–Crippen MR) is 117 cm³/mol. The number of rotatable bonds is 8. The van der Waals surface area contributed by atoms with Crippen LogP contribution in [0.4, 0.5) is 0 Å². The van der Waals surface area contributed by atoms with Crippen LogP contribution >= 0.6 is 34.4 Å². The topological polar surface area (TPSA) is 74.8 Å². The summed E-state index contributed by atoms with van der Waals surface area (Å²) in [6.07, 6.45) is 2.02. The van der Waals surface area contributed by atoms with Crippen LogP contribution in [0.5, 0.6) is 0 Å². The standard InChI is InChI=1S/C19H23N3O2S3/c1-4-6-11(2)20-15(23)10-26-12(3)17-21-18(24)16-13(9-27-19(16)22-17)14-7-5-8-25-14/h5,7-9,11-12H,4,6,10H2,1-3H3,(H,20,23)(H,21,22,24)/t11-,12+/m0/s1. The van der Waals surface area contributed by atoms with Gasteiger partial charge in [0.25, 0.3) is 5.56 Å². The average molecular weight is 422 g/mol. The molecule has 0 saturated heterocycles. The van der Waals surface area contributed by atoms with E-state index in [1.807, 2.05) is 36.7 Å². The first-order valence-corrected chi connectivity index (χ1v) is 11.8. The summed E-state index contributed by atoms with van der Waals surface area (Å²) in [5.74, 6) is 0.987. The second-order valence-corrected chi connectivity index (χ2v) is 9.60. The van der Waals surface area contributed by atoms with E-state index in [1.54, 1.807) is 11.3 Å². The normalized spacial score (nSPS) is 13.6. The molecule has 0 aliphatic heterocycles. The molecule has 2 atom stereocenters. The zero-order valence-electron chi connectivity index (χ0n) is 15.6. The molecule has 5 nitrogen and oxygen atoms in total. The minimum absolute atomic E-state index is 0.0207. The maximum atomic E-state index is 12.7. The van der Waals surface area contributed by atoms with Gasteiger partial charge in [-0.2, -0.15) is 0 Å². The summed E-state index contributed by atoms with van der Waals surface area (Å²) >= 11 is 4.58. The van der Waals surface area contributed by atoms with E-state index in [2.05, 4.69) is 22.2 Å². The molecule has 0 aromatic carbocycles. The zero-order valence-corrected chi connectivity index (χ0v) is 18.0. The number of hydrogen-bond acceptors (Lipinski definition) is 6. The molecular formula is C19H23N3O2S3. The number of thioether (sulfide) groups is 1. The summed E-state index contributed by atoms with van der Waals surface area (Å²) in [6.45, 7) is 6.09. The maximum Gasteiger partial charge on any atom is 0.260 e. The quantitative estimate of drug-likeness (QED) is 0.547. The van der Waals surface area contributed by atoms with Crippen LogP contribution in [-0.4, -0.2) is 27.7 Å². The fourth-order valence-electron chi connectivity index (χ4n) is 2.87. The van der Waals surface area contributed by atoms with Gasteiger partial charge in [-0.15, -0.1) is 34.4 Å². The van der Waals surface area contributed by atoms with Crippen LogP contribution in [0.3, 0.4) is 0 Å². The third kappa shape index (κ3) is 4.80. The smallest absolute Gasteiger partial charge is 0.260 e. The number of hydrogen-bond donors (Lipinski definition) is 2. The molecule has 2 N–H and O–H groups in total. The second kappa shape index (κ2) is 9.03. The second-order valence-electron chi connectivity index (χ2n) is 6.47. The lowest BCUT2D eigenvalue weighted by atomic mass is 10.2. The van der Waals surface area contributed by atoms with E-state index < -0.39 is 0 Å². The van der Waals surface area contributed by atoms with Crippen molar-refractivity contribution in [1.82, 2.24) is 15.3 Å². The highest BCUT2D eigenvalue weighted by Gasteiger charge is 2.17. The molecule has 0 spiro atoms. The first-order valence-electron chi connectivity index (χ1n) is 8.95. The number of amides is 1. The van der Waals surface area contributed by atoms with E-state index in [0.29, 0.717) is 17.0 Å². The fourth-order valence-corrected chi connectivity index (χ4v) is 5.40. The van der Waals surface area contributed by atoms with E-state index in [4.69, 9.17) is 0 Å². The molecule has 0 aliphatic rings. The lowest BCUT2D eigenvalue weighted by molar-refractivity contribution is -0.119. The summed E-state index contributed by atoms with van der Waals surface area (Å²) in [5, 5.41) is 7.57. The third-order valence-electron chi connectivity index (χ3n) is 4.23. The molecule has 0 bridgehead atoms. The molecular weight excluding hydrogens is 398 g/mol. The molecule has 1 amide bonds. The van der Waals surface area contributed by atoms with E-state index >= 15 is 0 Å². The lowest BCUT2D eigenvalue weighted by Gasteiger charge is -2.14. The monoisotopic (exact) mass is 421 g/mol. The Morgan fingerprint density at radius 3 is 2.89 bits per heavy atom. The molecule has 3 rings (SSSR count). The van der Waals surface area contributed by atoms with Crippen LogP contribution in [0.15, 0.2) is 27.7 Å². The van der Waals surface area contributed by atoms with Gasteiger partial charge >= 0.3 is 0 Å². The Morgan fingerprint density at radius 2 is 2.19 bits per heavy atom. The molecule has 0 fully saturated rings. The van der Waals surface area contributed by atoms with Crippen LogP contribution in [0, 0.1) is 0 Å². The first kappa shape index (κ1) is 20.1. The molecule has 0 saturated carbocycles. The van der Waals surface area contributed by atoms with Gasteiger partial charge in [-0.3, -0.25) is 9.59 Å². The number of aromatic nitrogens is 2. The number of carbonyl (C=O) groups is 1. The Morgan fingerprint density at radius 1 is 1.37 bits per heavy atom. The Kier molecular flexibility index (Phi) is 6.73. The van der Waals surface area contributed by atoms with Gasteiger partial charge < -0.3 is 10.3 Å². The molecule has 3 heterocycles. The zero-order chi connectivity index (χ0) is 19.4. The van der Waals surface area contributed by atoms with Crippen molar-refractivity contribution in [1.29, 1.82) is 0 Å². The predicted octanol–water partition coefficient (Wildman–Crippen LogP) is 4.81. The Balaban J connectivity index is 1.72. The highest BCUT2D eigenvalue weighted by molar-refractivity contribution is 8.00. The lowest BCUT2D eigenvalue weighted by Crippen LogP contribution is -2.33. The van der Waals surface area contributed by atoms with Gasteiger partial charge in [-0.1, -0.05) is 19.4 Å². The Labute approximate surface area is 170 Å². The third-order valence-corrected chi connectivity index (χ3v) is 7.15. The summed E-state index contributed by atoms with van der Waals surface area (Å²) in [4.78, 5) is 34.1. The largest absolute Gasteiger partial charge is 0.353 e. The van der Waals surface area contributed by atoms with Crippen molar-refractivity contribution in [2.24, 2.45) is 0 Å². The van der Waals surface area contributed by atoms with Gasteiger partial charge in [-0.05, 0) is 31.7 Å². The van der Waals surface area contributed by atoms with Crippen molar-refractivity contribution in [3.05, 3.63) is 39.1 Å². The van der Waals surface area contributed by atoms with Crippen LogP contribution in [-0.2, 0) is 4.79 Å². The number of H-pyrrole nitrogens is 1. The summed E-state index contributed by atoms with van der Waals surface area (Å²) in [6, 6.07) is 4.18. The summed E-state index contributed by atoms with van der Waals surface area (Å²) in [5.41, 5.74) is 0.822. The van der Waals surface area contributed by atoms with Crippen molar-refractivity contribution in [3.63, 3.8) is 0 Å². The summed E-state index contributed by atoms with van der Waals surface area (Å²) < 4.78 is 0. The van der Waals surface area contributed by atoms with Crippen molar-refractivity contribution in [3.8, 4) is 10.4 Å². The highest BCUT2D eigenvalue weighted by Crippen LogP contribution is 2.34. The van der Waals surface area contributed by atoms with Crippen molar-refractivity contribution in [2.75, 3.05) is 5.75 Å². The molecule has 0 unspecified atom stereocenters. The summed E-state index contributed by atoms with van der Waals surface area (Å²) in [7, 11) is 0. The molecule has 144 valence electrons. The number of nitrogens with one attached hydrogen (secondary N) is 2. The van der Waals surface area contributed by atoms with Gasteiger partial charge in [0.15, 0.2) is 0 Å². The number of nitrogens with zero attached hydrogens (tertiary/aromatic N) is 1. The van der Waals surface area contributed by atoms with Crippen molar-refractivity contribution >= 4 is 50.6 Å². The van der Waals surface area contributed by atoms with Gasteiger partial charge in [0.2, 0.25) is 5.91 Å². The molecule has 8 heteroatoms. The molecule has 3 aromatic rings. The number of aromatic amines is 1. The average Bonchev–Trinajstić information content (AvgIpc) is 3.28. The number of carbonyl (C=O) groups excluding carboxylic acids is 1. The van der Waals surface area contributed by atoms with Crippen molar-refractivity contribution < 1.29 is 4.79 Å². The van der Waals surface area contributed by atoms with Crippen LogP contribution in [0.1, 0.15) is 44.7 Å². The van der Waals surface area contributed by atoms with Crippen LogP contribution in [0.25, 0.3) is 20.7 Å². The first-order chi connectivity index (χ1) is 13.0. The highest BCUT2D eigenvalue weighted by atomic mass is 32.2.